The number of hydrogen-bond donors (Lipinski definition) is 1. The molecular weight excluding hydrogens is 378 g/mol. The normalized spacial score (nSPS) is 29.8. The van der Waals surface area contributed by atoms with Crippen LogP contribution in [0.15, 0.2) is 48.5 Å². The maximum absolute atomic E-state index is 11.1. The molecule has 3 aliphatic heterocycles. The van der Waals surface area contributed by atoms with Crippen molar-refractivity contribution in [2.75, 3.05) is 13.1 Å². The molecule has 2 saturated heterocycles. The Morgan fingerprint density at radius 2 is 1.93 bits per heavy atom. The molecule has 4 atom stereocenters. The van der Waals surface area contributed by atoms with Crippen LogP contribution < -0.4 is 4.74 Å². The van der Waals surface area contributed by atoms with Gasteiger partial charge in [-0.3, -0.25) is 4.90 Å². The highest BCUT2D eigenvalue weighted by molar-refractivity contribution is 5.87. The van der Waals surface area contributed by atoms with Gasteiger partial charge in [-0.25, -0.2) is 4.79 Å². The number of benzene rings is 2. The van der Waals surface area contributed by atoms with Gasteiger partial charge in [-0.1, -0.05) is 30.3 Å². The van der Waals surface area contributed by atoms with E-state index in [0.717, 1.165) is 43.8 Å². The van der Waals surface area contributed by atoms with Crippen LogP contribution in [0.4, 0.5) is 0 Å². The Bertz CT molecular complexity index is 938. The summed E-state index contributed by atoms with van der Waals surface area (Å²) >= 11 is 0. The van der Waals surface area contributed by atoms with Crippen molar-refractivity contribution >= 4 is 5.97 Å². The molecule has 30 heavy (non-hydrogen) atoms. The lowest BCUT2D eigenvalue weighted by molar-refractivity contribution is -0.187. The van der Waals surface area contributed by atoms with Gasteiger partial charge >= 0.3 is 5.97 Å². The van der Waals surface area contributed by atoms with Gasteiger partial charge in [0.15, 0.2) is 0 Å². The fraction of sp³-hybridized carbons (Fsp3) is 0.480. The molecular formula is C25H29NO4. The van der Waals surface area contributed by atoms with Gasteiger partial charge in [-0.2, -0.15) is 0 Å². The summed E-state index contributed by atoms with van der Waals surface area (Å²) < 4.78 is 13.1. The van der Waals surface area contributed by atoms with Gasteiger partial charge in [-0.15, -0.1) is 0 Å². The topological polar surface area (TPSA) is 59.0 Å². The number of nitrogens with zero attached hydrogens (tertiary/aromatic N) is 1. The summed E-state index contributed by atoms with van der Waals surface area (Å²) in [5.74, 6) is 0.912. The molecule has 3 aliphatic rings. The van der Waals surface area contributed by atoms with E-state index >= 15 is 0 Å². The summed E-state index contributed by atoms with van der Waals surface area (Å²) in [7, 11) is 0. The first-order chi connectivity index (χ1) is 14.4. The van der Waals surface area contributed by atoms with E-state index in [1.165, 1.54) is 5.56 Å². The van der Waals surface area contributed by atoms with E-state index in [2.05, 4.69) is 36.9 Å². The van der Waals surface area contributed by atoms with E-state index in [1.54, 1.807) is 12.1 Å². The molecule has 5 nitrogen and oxygen atoms in total. The SMILES string of the molecule is CC1(C)Oc2ccccc2[C@@H]2O[C@@H]3CCN(Cc4ccc(C(=O)O)cc4)C[C@H]3C[C@H]21. The summed E-state index contributed by atoms with van der Waals surface area (Å²) in [6.07, 6.45) is 2.54. The van der Waals surface area contributed by atoms with E-state index in [0.29, 0.717) is 23.5 Å². The molecule has 5 heteroatoms. The average Bonchev–Trinajstić information content (AvgIpc) is 2.73. The van der Waals surface area contributed by atoms with Crippen molar-refractivity contribution in [3.05, 3.63) is 65.2 Å². The van der Waals surface area contributed by atoms with Crippen molar-refractivity contribution in [3.63, 3.8) is 0 Å². The van der Waals surface area contributed by atoms with Crippen LogP contribution in [0.2, 0.25) is 0 Å². The molecule has 0 radical (unpaired) electrons. The highest BCUT2D eigenvalue weighted by Gasteiger charge is 2.51. The molecule has 0 aromatic heterocycles. The maximum Gasteiger partial charge on any atom is 0.335 e. The van der Waals surface area contributed by atoms with E-state index in [9.17, 15) is 4.79 Å². The number of rotatable bonds is 3. The standard InChI is InChI=1S/C25H29NO4/c1-25(2)20-13-18-15-26(14-16-7-9-17(10-8-16)24(27)28)12-11-21(18)29-23(20)19-5-3-4-6-22(19)30-25/h3-10,18,20-21,23H,11-15H2,1-2H3,(H,27,28)/t18-,20-,21-,23+/m1/s1. The van der Waals surface area contributed by atoms with E-state index in [-0.39, 0.29) is 11.7 Å². The lowest BCUT2D eigenvalue weighted by Gasteiger charge is -2.53. The summed E-state index contributed by atoms with van der Waals surface area (Å²) in [4.78, 5) is 13.5. The average molecular weight is 408 g/mol. The predicted octanol–water partition coefficient (Wildman–Crippen LogP) is 4.52. The fourth-order valence-corrected chi connectivity index (χ4v) is 5.48. The second kappa shape index (κ2) is 7.40. The lowest BCUT2D eigenvalue weighted by atomic mass is 9.70. The minimum Gasteiger partial charge on any atom is -0.487 e. The van der Waals surface area contributed by atoms with Gasteiger partial charge in [-0.05, 0) is 56.4 Å². The number of piperidine rings is 1. The Morgan fingerprint density at radius 3 is 2.70 bits per heavy atom. The predicted molar refractivity (Wildman–Crippen MR) is 114 cm³/mol. The molecule has 2 aromatic carbocycles. The first kappa shape index (κ1) is 19.6. The molecule has 2 aromatic rings. The Balaban J connectivity index is 1.30. The van der Waals surface area contributed by atoms with Crippen molar-refractivity contribution in [2.45, 2.75) is 51.0 Å². The second-order valence-electron chi connectivity index (χ2n) is 9.47. The zero-order valence-corrected chi connectivity index (χ0v) is 17.6. The van der Waals surface area contributed by atoms with Gasteiger partial charge in [0.2, 0.25) is 0 Å². The van der Waals surface area contributed by atoms with Crippen molar-refractivity contribution in [1.29, 1.82) is 0 Å². The van der Waals surface area contributed by atoms with Gasteiger partial charge in [0.25, 0.3) is 0 Å². The number of fused-ring (bicyclic) bond motifs is 4. The molecule has 0 saturated carbocycles. The molecule has 0 spiro atoms. The summed E-state index contributed by atoms with van der Waals surface area (Å²) in [5, 5.41) is 9.09. The largest absolute Gasteiger partial charge is 0.487 e. The Labute approximate surface area is 177 Å². The smallest absolute Gasteiger partial charge is 0.335 e. The molecule has 0 aliphatic carbocycles. The highest BCUT2D eigenvalue weighted by atomic mass is 16.5. The molecule has 158 valence electrons. The third-order valence-electron chi connectivity index (χ3n) is 7.09. The molecule has 0 amide bonds. The van der Waals surface area contributed by atoms with Crippen molar-refractivity contribution < 1.29 is 19.4 Å². The van der Waals surface area contributed by atoms with Crippen LogP contribution in [0.1, 0.15) is 54.3 Å². The van der Waals surface area contributed by atoms with Crippen LogP contribution in [0.3, 0.4) is 0 Å². The van der Waals surface area contributed by atoms with E-state index in [4.69, 9.17) is 14.6 Å². The Kier molecular flexibility index (Phi) is 4.83. The fourth-order valence-electron chi connectivity index (χ4n) is 5.48. The van der Waals surface area contributed by atoms with Crippen LogP contribution >= 0.6 is 0 Å². The molecule has 5 rings (SSSR count). The van der Waals surface area contributed by atoms with Gasteiger partial charge in [0.05, 0.1) is 17.8 Å². The highest BCUT2D eigenvalue weighted by Crippen LogP contribution is 2.52. The molecule has 3 heterocycles. The Morgan fingerprint density at radius 1 is 1.17 bits per heavy atom. The number of aromatic carboxylic acids is 1. The minimum absolute atomic E-state index is 0.112. The third-order valence-corrected chi connectivity index (χ3v) is 7.09. The quantitative estimate of drug-likeness (QED) is 0.810. The number of para-hydroxylation sites is 1. The van der Waals surface area contributed by atoms with Gasteiger partial charge in [0, 0.05) is 31.1 Å². The van der Waals surface area contributed by atoms with Crippen LogP contribution in [0.25, 0.3) is 0 Å². The second-order valence-corrected chi connectivity index (χ2v) is 9.47. The van der Waals surface area contributed by atoms with E-state index in [1.807, 2.05) is 18.2 Å². The van der Waals surface area contributed by atoms with Crippen molar-refractivity contribution in [2.24, 2.45) is 11.8 Å². The monoisotopic (exact) mass is 407 g/mol. The zero-order valence-electron chi connectivity index (χ0n) is 17.6. The number of carboxylic acids is 1. The van der Waals surface area contributed by atoms with Gasteiger partial charge < -0.3 is 14.6 Å². The van der Waals surface area contributed by atoms with Crippen molar-refractivity contribution in [1.82, 2.24) is 4.90 Å². The molecule has 0 unspecified atom stereocenters. The van der Waals surface area contributed by atoms with E-state index < -0.39 is 5.97 Å². The summed E-state index contributed by atoms with van der Waals surface area (Å²) in [6.45, 7) is 7.23. The number of hydrogen-bond acceptors (Lipinski definition) is 4. The summed E-state index contributed by atoms with van der Waals surface area (Å²) in [6, 6.07) is 15.6. The van der Waals surface area contributed by atoms with Crippen molar-refractivity contribution in [3.8, 4) is 5.75 Å². The maximum atomic E-state index is 11.1. The van der Waals surface area contributed by atoms with Crippen LogP contribution in [0.5, 0.6) is 5.75 Å². The number of carboxylic acid groups (broad SMARTS) is 1. The first-order valence-electron chi connectivity index (χ1n) is 10.9. The van der Waals surface area contributed by atoms with Crippen LogP contribution in [0, 0.1) is 11.8 Å². The third kappa shape index (κ3) is 3.50. The summed E-state index contributed by atoms with van der Waals surface area (Å²) in [5.41, 5.74) is 2.44. The molecule has 2 fully saturated rings. The van der Waals surface area contributed by atoms with Crippen LogP contribution in [-0.4, -0.2) is 40.8 Å². The number of likely N-dealkylation sites (tertiary alicyclic amines) is 1. The Hall–Kier alpha value is -2.37. The first-order valence-corrected chi connectivity index (χ1v) is 10.9. The number of ether oxygens (including phenoxy) is 2. The molecule has 0 bridgehead atoms. The van der Waals surface area contributed by atoms with Gasteiger partial charge in [0.1, 0.15) is 11.4 Å². The van der Waals surface area contributed by atoms with Crippen LogP contribution in [-0.2, 0) is 11.3 Å². The number of carbonyl (C=O) groups is 1. The minimum atomic E-state index is -0.879. The zero-order chi connectivity index (χ0) is 20.9. The lowest BCUT2D eigenvalue weighted by Crippen LogP contribution is -2.55. The molecule has 1 N–H and O–H groups in total.